The van der Waals surface area contributed by atoms with Gasteiger partial charge in [0.05, 0.1) is 30.3 Å². The van der Waals surface area contributed by atoms with Gasteiger partial charge in [-0.25, -0.2) is 0 Å². The summed E-state index contributed by atoms with van der Waals surface area (Å²) in [6, 6.07) is 3.73. The summed E-state index contributed by atoms with van der Waals surface area (Å²) in [6.07, 6.45) is 39.6. The zero-order chi connectivity index (χ0) is 68.0. The van der Waals surface area contributed by atoms with Crippen LogP contribution >= 0.6 is 0 Å². The van der Waals surface area contributed by atoms with Crippen molar-refractivity contribution < 1.29 is 20.1 Å². The molecule has 0 aromatic carbocycles. The lowest BCUT2D eigenvalue weighted by molar-refractivity contribution is -0.0493. The first-order chi connectivity index (χ1) is 42.0. The number of nitrogens with one attached hydrogen (secondary N) is 2. The Morgan fingerprint density at radius 1 is 0.556 bits per heavy atom. The van der Waals surface area contributed by atoms with Crippen LogP contribution in [0.1, 0.15) is 353 Å². The van der Waals surface area contributed by atoms with Gasteiger partial charge < -0.3 is 35.6 Å². The average Bonchev–Trinajstić information content (AvgIpc) is 3.53. The first-order valence-electron chi connectivity index (χ1n) is 39.1. The van der Waals surface area contributed by atoms with Gasteiger partial charge in [0.2, 0.25) is 0 Å². The highest BCUT2D eigenvalue weighted by molar-refractivity contribution is 4.89. The lowest BCUT2D eigenvalue weighted by Gasteiger charge is -2.41. The summed E-state index contributed by atoms with van der Waals surface area (Å²) in [6.45, 7) is 59.5. The zero-order valence-corrected chi connectivity index (χ0v) is 64.7. The van der Waals surface area contributed by atoms with Crippen molar-refractivity contribution in [1.82, 2.24) is 15.5 Å². The van der Waals surface area contributed by atoms with Crippen LogP contribution in [0.5, 0.6) is 0 Å². The van der Waals surface area contributed by atoms with E-state index in [1.54, 1.807) is 0 Å². The molecule has 4 aliphatic heterocycles. The van der Waals surface area contributed by atoms with Crippen molar-refractivity contribution in [3.05, 3.63) is 0 Å². The maximum atomic E-state index is 9.58. The van der Waals surface area contributed by atoms with Gasteiger partial charge in [-0.15, -0.1) is 0 Å². The molecule has 0 amide bonds. The van der Waals surface area contributed by atoms with Crippen LogP contribution in [-0.4, -0.2) is 96.6 Å². The normalized spacial score (nSPS) is 23.5. The molecule has 0 spiro atoms. The lowest BCUT2D eigenvalue weighted by atomic mass is 9.65. The van der Waals surface area contributed by atoms with Gasteiger partial charge in [0.1, 0.15) is 0 Å². The third kappa shape index (κ3) is 48.8. The SMILES string of the molecule is C.CC(C)C(C#N)CO.CC(C)C1CCC1.CC(C)C1CNC1.CC(C)CC1(CO)CCC1.CC(C)CC1(O)CCC1.CC(C)CC1CCCCN1.CC(C)CC1CCCO1.CCC1CCC(C(C)C)CC1.CCCCC(C)C.CCN1CCCC1CC(C)C. The summed E-state index contributed by atoms with van der Waals surface area (Å²) >= 11 is 0. The number of nitrogens with zero attached hydrogens (tertiary/aromatic N) is 2. The Morgan fingerprint density at radius 2 is 1.10 bits per heavy atom. The van der Waals surface area contributed by atoms with Crippen LogP contribution in [0.3, 0.4) is 0 Å². The molecule has 8 rings (SSSR count). The van der Waals surface area contributed by atoms with Gasteiger partial charge in [0.15, 0.2) is 0 Å². The fraction of sp³-hybridized carbons (Fsp3) is 0.988. The number of likely N-dealkylation sites (tertiary alicyclic amines) is 1. The van der Waals surface area contributed by atoms with Crippen LogP contribution in [0.25, 0.3) is 0 Å². The van der Waals surface area contributed by atoms with Crippen LogP contribution < -0.4 is 10.6 Å². The summed E-state index contributed by atoms with van der Waals surface area (Å²) in [5.41, 5.74) is 0.0856. The monoisotopic (exact) mass is 1280 g/mol. The van der Waals surface area contributed by atoms with Gasteiger partial charge in [-0.3, -0.25) is 0 Å². The molecule has 0 radical (unpaired) electrons. The standard InChI is InChI=1S/C11H22.C10H21N.C9H19N.C9H18O.2C8H16O.C7H14.C7H16.C6H11NO.C6H13N.CH4/c1-4-10-5-7-11(8-6-10)9(2)3;1-4-11-7-5-6-10(11)8-9(2)3;1-8(2)7-9-5-3-4-6-10-9;1-8(2)6-9(7-10)4-3-5-9;1-7(2)6-8-4-3-5-9-8;1-7(2)6-8(9)4-3-5-8;1-6(2)7-4-3-5-7;1-4-5-6-7(2)3;1-5(2)6(3-7)4-8;1-5(2)6-3-7-4-6;/h9-11H,4-8H2,1-3H3;9-10H,4-8H2,1-3H3;8-10H,3-7H2,1-2H3;8,10H,3-7H2,1-2H3;7-8H,3-6H2,1-2H3;7,9H,3-6H2,1-2H3;6-7H,3-5H2,1-2H3;7H,4-6H2,1-3H3;5-6,8H,4H2,1-2H3;5-7H,3-4H2,1-2H3;1H4. The Morgan fingerprint density at radius 3 is 1.34 bits per heavy atom. The molecule has 4 atom stereocenters. The van der Waals surface area contributed by atoms with Crippen molar-refractivity contribution in [3.63, 3.8) is 0 Å². The van der Waals surface area contributed by atoms with E-state index >= 15 is 0 Å². The highest BCUT2D eigenvalue weighted by atomic mass is 16.5. The number of hydrogen-bond acceptors (Lipinski definition) is 8. The fourth-order valence-electron chi connectivity index (χ4n) is 13.9. The summed E-state index contributed by atoms with van der Waals surface area (Å²) in [4.78, 5) is 2.62. The first-order valence-corrected chi connectivity index (χ1v) is 39.1. The minimum absolute atomic E-state index is 0. The third-order valence-corrected chi connectivity index (χ3v) is 20.8. The van der Waals surface area contributed by atoms with Crippen LogP contribution in [0.2, 0.25) is 0 Å². The molecule has 5 N–H and O–H groups in total. The van der Waals surface area contributed by atoms with E-state index in [0.29, 0.717) is 24.0 Å². The number of unbranched alkanes of at least 4 members (excludes halogenated alkanes) is 1. The molecule has 4 heterocycles. The van der Waals surface area contributed by atoms with Crippen LogP contribution in [0.15, 0.2) is 0 Å². The van der Waals surface area contributed by atoms with E-state index in [-0.39, 0.29) is 31.5 Å². The number of hydrogen-bond donors (Lipinski definition) is 5. The van der Waals surface area contributed by atoms with Gasteiger partial charge >= 0.3 is 0 Å². The van der Waals surface area contributed by atoms with E-state index in [9.17, 15) is 5.11 Å². The summed E-state index contributed by atoms with van der Waals surface area (Å²) < 4.78 is 5.46. The molecule has 8 nitrogen and oxygen atoms in total. The summed E-state index contributed by atoms with van der Waals surface area (Å²) in [7, 11) is 0. The maximum Gasteiger partial charge on any atom is 0.0717 e. The van der Waals surface area contributed by atoms with Crippen molar-refractivity contribution in [2.24, 2.45) is 94.2 Å². The Kier molecular flexibility index (Phi) is 58.4. The van der Waals surface area contributed by atoms with E-state index in [2.05, 4.69) is 161 Å². The average molecular weight is 1280 g/mol. The molecule has 0 aromatic rings. The summed E-state index contributed by atoms with van der Waals surface area (Å²) in [5.74, 6) is 11.8. The quantitative estimate of drug-likeness (QED) is 0.0771. The van der Waals surface area contributed by atoms with Crippen LogP contribution in [0, 0.1) is 106 Å². The van der Waals surface area contributed by atoms with E-state index in [1.807, 2.05) is 19.9 Å². The second kappa shape index (κ2) is 56.3. The Labute approximate surface area is 567 Å². The second-order valence-corrected chi connectivity index (χ2v) is 33.6. The number of piperidine rings is 1. The van der Waals surface area contributed by atoms with Crippen molar-refractivity contribution in [2.45, 2.75) is 377 Å². The second-order valence-electron chi connectivity index (χ2n) is 33.6. The molecular weight excluding hydrogens is 1100 g/mol. The fourth-order valence-corrected chi connectivity index (χ4v) is 13.9. The van der Waals surface area contributed by atoms with Crippen molar-refractivity contribution in [3.8, 4) is 6.07 Å². The highest BCUT2D eigenvalue weighted by Crippen LogP contribution is 2.45. The predicted molar refractivity (Wildman–Crippen MR) is 400 cm³/mol. The first kappa shape index (κ1) is 93.4. The van der Waals surface area contributed by atoms with Crippen LogP contribution in [0.4, 0.5) is 0 Å². The number of rotatable bonds is 21. The molecule has 4 aliphatic carbocycles. The van der Waals surface area contributed by atoms with Gasteiger partial charge in [0.25, 0.3) is 0 Å². The molecule has 8 heteroatoms. The zero-order valence-electron chi connectivity index (χ0n) is 64.7. The van der Waals surface area contributed by atoms with Gasteiger partial charge in [-0.2, -0.15) is 5.26 Å². The molecule has 0 aromatic heterocycles. The highest BCUT2D eigenvalue weighted by Gasteiger charge is 2.37. The van der Waals surface area contributed by atoms with E-state index in [0.717, 1.165) is 109 Å². The molecule has 8 fully saturated rings. The van der Waals surface area contributed by atoms with Crippen LogP contribution in [-0.2, 0) is 4.74 Å². The Bertz CT molecular complexity index is 1530. The largest absolute Gasteiger partial charge is 0.396 e. The van der Waals surface area contributed by atoms with E-state index in [4.69, 9.17) is 20.2 Å². The third-order valence-electron chi connectivity index (χ3n) is 20.8. The van der Waals surface area contributed by atoms with E-state index < -0.39 is 0 Å². The maximum absolute atomic E-state index is 9.58. The number of ether oxygens (including phenoxy) is 1. The molecule has 4 saturated carbocycles. The molecule has 0 bridgehead atoms. The van der Waals surface area contributed by atoms with Gasteiger partial charge in [-0.05, 0) is 237 Å². The lowest BCUT2D eigenvalue weighted by Crippen LogP contribution is -2.44. The smallest absolute Gasteiger partial charge is 0.0717 e. The van der Waals surface area contributed by atoms with Gasteiger partial charge in [0, 0.05) is 25.3 Å². The van der Waals surface area contributed by atoms with Crippen molar-refractivity contribution in [2.75, 3.05) is 52.5 Å². The number of aliphatic hydroxyl groups is 3. The Hall–Kier alpha value is -0.790. The van der Waals surface area contributed by atoms with Crippen molar-refractivity contribution in [1.29, 1.82) is 5.26 Å². The molecular formula is C82H170N4O4. The molecule has 90 heavy (non-hydrogen) atoms. The number of aliphatic hydroxyl groups excluding tert-OH is 2. The topological polar surface area (TPSA) is 121 Å². The van der Waals surface area contributed by atoms with Gasteiger partial charge in [-0.1, -0.05) is 237 Å². The molecule has 4 unspecified atom stereocenters. The van der Waals surface area contributed by atoms with E-state index in [1.165, 1.54) is 200 Å². The molecule has 542 valence electrons. The Balaban J connectivity index is -0.000000937. The molecule has 4 saturated heterocycles. The van der Waals surface area contributed by atoms with Crippen molar-refractivity contribution >= 4 is 0 Å². The minimum Gasteiger partial charge on any atom is -0.396 e. The number of nitriles is 1. The minimum atomic E-state index is -0.256. The molecule has 8 aliphatic rings. The predicted octanol–water partition coefficient (Wildman–Crippen LogP) is 22.5. The summed E-state index contributed by atoms with van der Waals surface area (Å²) in [5, 5.41) is 42.2.